The Morgan fingerprint density at radius 3 is 2.59 bits per heavy atom. The maximum Gasteiger partial charge on any atom is 0.273 e. The Morgan fingerprint density at radius 1 is 1.31 bits per heavy atom. The van der Waals surface area contributed by atoms with Gasteiger partial charge in [-0.15, -0.1) is 0 Å². The minimum atomic E-state index is -3.33. The summed E-state index contributed by atoms with van der Waals surface area (Å²) >= 11 is 3.29. The number of halogens is 5. The number of fused-ring (bicyclic) bond motifs is 1. The second-order valence-corrected chi connectivity index (χ2v) is 9.11. The molecule has 1 aromatic carbocycles. The fraction of sp³-hybridized carbons (Fsp3) is 0.409. The van der Waals surface area contributed by atoms with E-state index in [2.05, 4.69) is 31.2 Å². The van der Waals surface area contributed by atoms with E-state index in [1.165, 1.54) is 22.9 Å². The number of hydrogen-bond acceptors (Lipinski definition) is 4. The van der Waals surface area contributed by atoms with Crippen LogP contribution in [-0.4, -0.2) is 21.2 Å². The van der Waals surface area contributed by atoms with Crippen LogP contribution in [0, 0.1) is 12.7 Å². The molecule has 0 amide bonds. The molecule has 0 aliphatic heterocycles. The molecule has 0 bridgehead atoms. The lowest BCUT2D eigenvalue weighted by Gasteiger charge is -2.21. The maximum atomic E-state index is 14.9. The number of aromatic nitrogens is 3. The van der Waals surface area contributed by atoms with E-state index in [0.29, 0.717) is 36.5 Å². The molecule has 0 radical (unpaired) electrons. The summed E-state index contributed by atoms with van der Waals surface area (Å²) < 4.78 is 57.6. The minimum absolute atomic E-state index is 0.0447. The lowest BCUT2D eigenvalue weighted by molar-refractivity contribution is 0.0136. The molecule has 2 aromatic heterocycles. The van der Waals surface area contributed by atoms with Gasteiger partial charge in [0.25, 0.3) is 11.5 Å². The summed E-state index contributed by atoms with van der Waals surface area (Å²) in [7, 11) is 0. The predicted molar refractivity (Wildman–Crippen MR) is 117 cm³/mol. The van der Waals surface area contributed by atoms with Crippen LogP contribution < -0.4 is 10.9 Å². The first-order valence-corrected chi connectivity index (χ1v) is 10.9. The van der Waals surface area contributed by atoms with Crippen LogP contribution in [0.1, 0.15) is 49.7 Å². The molecule has 0 saturated heterocycles. The molecule has 1 aliphatic rings. The quantitative estimate of drug-likeness (QED) is 0.427. The van der Waals surface area contributed by atoms with Crippen molar-refractivity contribution >= 4 is 32.7 Å². The molecule has 5 nitrogen and oxygen atoms in total. The lowest BCUT2D eigenvalue weighted by Crippen LogP contribution is -2.32. The predicted octanol–water partition coefficient (Wildman–Crippen LogP) is 5.74. The number of benzene rings is 1. The van der Waals surface area contributed by atoms with Crippen LogP contribution in [0.3, 0.4) is 0 Å². The maximum absolute atomic E-state index is 14.9. The second-order valence-electron chi connectivity index (χ2n) is 8.32. The molecule has 0 spiro atoms. The van der Waals surface area contributed by atoms with Crippen LogP contribution in [0.15, 0.2) is 33.7 Å². The summed E-state index contributed by atoms with van der Waals surface area (Å²) in [5.41, 5.74) is -1.59. The third kappa shape index (κ3) is 3.78. The second kappa shape index (κ2) is 7.83. The van der Waals surface area contributed by atoms with Gasteiger partial charge in [-0.3, -0.25) is 4.79 Å². The molecule has 1 atom stereocenters. The van der Waals surface area contributed by atoms with Crippen molar-refractivity contribution in [2.75, 3.05) is 12.0 Å². The molecule has 170 valence electrons. The van der Waals surface area contributed by atoms with Gasteiger partial charge in [-0.1, -0.05) is 18.2 Å². The van der Waals surface area contributed by atoms with E-state index in [0.717, 1.165) is 6.07 Å². The van der Waals surface area contributed by atoms with Gasteiger partial charge in [-0.05, 0) is 42.6 Å². The SMILES string of the molecule is Cc1nc(N[C@H](C)c2cccc(C(C)(F)F)c2F)c2cn(C3(CF)CC3)c(=O)c(Br)c2n1. The third-order valence-electron chi connectivity index (χ3n) is 5.84. The van der Waals surface area contributed by atoms with Crippen LogP contribution in [-0.2, 0) is 11.5 Å². The van der Waals surface area contributed by atoms with Crippen molar-refractivity contribution in [3.05, 3.63) is 62.0 Å². The van der Waals surface area contributed by atoms with Crippen LogP contribution in [0.4, 0.5) is 23.4 Å². The van der Waals surface area contributed by atoms with Crippen LogP contribution in [0.25, 0.3) is 10.9 Å². The number of anilines is 1. The van der Waals surface area contributed by atoms with Gasteiger partial charge in [0.15, 0.2) is 0 Å². The zero-order valence-corrected chi connectivity index (χ0v) is 19.2. The molecule has 10 heteroatoms. The highest BCUT2D eigenvalue weighted by Crippen LogP contribution is 2.44. The van der Waals surface area contributed by atoms with E-state index < -0.39 is 41.1 Å². The van der Waals surface area contributed by atoms with E-state index in [9.17, 15) is 22.4 Å². The van der Waals surface area contributed by atoms with Gasteiger partial charge in [-0.25, -0.2) is 27.5 Å². The summed E-state index contributed by atoms with van der Waals surface area (Å²) in [6.07, 6.45) is 2.59. The first kappa shape index (κ1) is 22.7. The molecular formula is C22H21BrF4N4O. The standard InChI is InChI=1S/C22H21BrF4N4O/c1-11(13-5-4-6-15(17(13)25)21(3,26)27)28-19-14-9-31(22(10-24)7-8-22)20(32)16(23)18(14)29-12(2)30-19/h4-6,9,11H,7-8,10H2,1-3H3,(H,28,29,30)/t11-/m1/s1. The van der Waals surface area contributed by atoms with Crippen LogP contribution in [0.2, 0.25) is 0 Å². The topological polar surface area (TPSA) is 59.8 Å². The summed E-state index contributed by atoms with van der Waals surface area (Å²) in [6.45, 7) is 3.22. The number of pyridine rings is 1. The van der Waals surface area contributed by atoms with Crippen LogP contribution in [0.5, 0.6) is 0 Å². The number of aryl methyl sites for hydroxylation is 1. The van der Waals surface area contributed by atoms with E-state index in [-0.39, 0.29) is 15.9 Å². The Bertz CT molecular complexity index is 1270. The molecule has 32 heavy (non-hydrogen) atoms. The highest BCUT2D eigenvalue weighted by Gasteiger charge is 2.46. The van der Waals surface area contributed by atoms with Crippen molar-refractivity contribution in [2.45, 2.75) is 51.1 Å². The average molecular weight is 513 g/mol. The Labute approximate surface area is 190 Å². The zero-order valence-electron chi connectivity index (χ0n) is 17.6. The molecule has 0 unspecified atom stereocenters. The summed E-state index contributed by atoms with van der Waals surface area (Å²) in [4.78, 5) is 21.5. The van der Waals surface area contributed by atoms with E-state index in [1.54, 1.807) is 13.8 Å². The van der Waals surface area contributed by atoms with Gasteiger partial charge < -0.3 is 9.88 Å². The largest absolute Gasteiger partial charge is 0.363 e. The van der Waals surface area contributed by atoms with Crippen molar-refractivity contribution < 1.29 is 17.6 Å². The van der Waals surface area contributed by atoms with Gasteiger partial charge in [0, 0.05) is 18.7 Å². The van der Waals surface area contributed by atoms with E-state index in [1.807, 2.05) is 0 Å². The summed E-state index contributed by atoms with van der Waals surface area (Å²) in [6, 6.07) is 3.12. The monoisotopic (exact) mass is 512 g/mol. The Balaban J connectivity index is 1.83. The highest BCUT2D eigenvalue weighted by atomic mass is 79.9. The highest BCUT2D eigenvalue weighted by molar-refractivity contribution is 9.10. The molecule has 2 heterocycles. The average Bonchev–Trinajstić information content (AvgIpc) is 3.51. The summed E-state index contributed by atoms with van der Waals surface area (Å²) in [5, 5.41) is 3.50. The van der Waals surface area contributed by atoms with Crippen molar-refractivity contribution in [1.29, 1.82) is 0 Å². The molecule has 1 N–H and O–H groups in total. The normalized spacial score (nSPS) is 16.2. The zero-order chi connectivity index (χ0) is 23.4. The van der Waals surface area contributed by atoms with Gasteiger partial charge in [0.1, 0.15) is 28.6 Å². The van der Waals surface area contributed by atoms with Crippen molar-refractivity contribution in [2.24, 2.45) is 0 Å². The molecule has 1 fully saturated rings. The Kier molecular flexibility index (Phi) is 5.55. The molecule has 4 rings (SSSR count). The van der Waals surface area contributed by atoms with Crippen molar-refractivity contribution in [3.63, 3.8) is 0 Å². The first-order chi connectivity index (χ1) is 15.0. The van der Waals surface area contributed by atoms with Gasteiger partial charge >= 0.3 is 0 Å². The number of rotatable bonds is 6. The van der Waals surface area contributed by atoms with Gasteiger partial charge in [-0.2, -0.15) is 0 Å². The number of hydrogen-bond donors (Lipinski definition) is 1. The van der Waals surface area contributed by atoms with Crippen LogP contribution >= 0.6 is 15.9 Å². The number of alkyl halides is 3. The van der Waals surface area contributed by atoms with Gasteiger partial charge in [0.05, 0.1) is 28.0 Å². The smallest absolute Gasteiger partial charge is 0.273 e. The minimum Gasteiger partial charge on any atom is -0.363 e. The number of nitrogens with zero attached hydrogens (tertiary/aromatic N) is 3. The molecular weight excluding hydrogens is 492 g/mol. The molecule has 1 aliphatic carbocycles. The first-order valence-electron chi connectivity index (χ1n) is 10.1. The van der Waals surface area contributed by atoms with Crippen molar-refractivity contribution in [3.8, 4) is 0 Å². The fourth-order valence-electron chi connectivity index (χ4n) is 3.82. The van der Waals surface area contributed by atoms with E-state index in [4.69, 9.17) is 0 Å². The molecule has 1 saturated carbocycles. The Hall–Kier alpha value is -2.49. The van der Waals surface area contributed by atoms with Crippen molar-refractivity contribution in [1.82, 2.24) is 14.5 Å². The summed E-state index contributed by atoms with van der Waals surface area (Å²) in [5.74, 6) is -3.69. The fourth-order valence-corrected chi connectivity index (χ4v) is 4.31. The lowest BCUT2D eigenvalue weighted by atomic mass is 10.0. The number of nitrogens with one attached hydrogen (secondary N) is 1. The van der Waals surface area contributed by atoms with Gasteiger partial charge in [0.2, 0.25) is 0 Å². The molecule has 3 aromatic rings. The third-order valence-corrected chi connectivity index (χ3v) is 6.55. The Morgan fingerprint density at radius 2 is 2.00 bits per heavy atom. The van der Waals surface area contributed by atoms with E-state index >= 15 is 0 Å².